The Morgan fingerprint density at radius 3 is 2.69 bits per heavy atom. The summed E-state index contributed by atoms with van der Waals surface area (Å²) in [7, 11) is 1.46. The third kappa shape index (κ3) is 6.68. The second kappa shape index (κ2) is 11.7. The molecule has 0 saturated carbocycles. The molecule has 0 spiro atoms. The zero-order chi connectivity index (χ0) is 18.2. The van der Waals surface area contributed by atoms with E-state index in [1.165, 1.54) is 12.1 Å². The van der Waals surface area contributed by atoms with E-state index in [1.54, 1.807) is 11.3 Å². The maximum atomic E-state index is 11.7. The van der Waals surface area contributed by atoms with Crippen molar-refractivity contribution in [2.45, 2.75) is 46.0 Å². The maximum Gasteiger partial charge on any atom is 0.308 e. The second-order valence-corrected chi connectivity index (χ2v) is 7.49. The summed E-state index contributed by atoms with van der Waals surface area (Å²) in [5.74, 6) is 1.35. The zero-order valence-corrected chi connectivity index (χ0v) is 19.3. The van der Waals surface area contributed by atoms with Gasteiger partial charge >= 0.3 is 5.97 Å². The minimum atomic E-state index is -0.0916. The Bertz CT molecular complexity index is 584. The van der Waals surface area contributed by atoms with Crippen molar-refractivity contribution >= 4 is 47.2 Å². The normalized spacial score (nSPS) is 15.7. The molecular formula is C18H31IN4O2S. The topological polar surface area (TPSA) is 66.8 Å². The van der Waals surface area contributed by atoms with Crippen molar-refractivity contribution in [1.29, 1.82) is 0 Å². The van der Waals surface area contributed by atoms with Gasteiger partial charge in [0, 0.05) is 43.9 Å². The van der Waals surface area contributed by atoms with Crippen molar-refractivity contribution in [2.24, 2.45) is 10.9 Å². The lowest BCUT2D eigenvalue weighted by Gasteiger charge is -2.33. The number of ether oxygens (including phenoxy) is 1. The molecule has 0 aromatic carbocycles. The molecule has 1 aromatic heterocycles. The number of nitrogens with one attached hydrogen (secondary N) is 1. The van der Waals surface area contributed by atoms with Gasteiger partial charge < -0.3 is 15.0 Å². The number of aliphatic imine (C=N–C) groups is 1. The minimum Gasteiger partial charge on any atom is -0.469 e. The molecule has 1 aromatic rings. The maximum absolute atomic E-state index is 11.7. The summed E-state index contributed by atoms with van der Waals surface area (Å²) in [5, 5.41) is 6.69. The molecule has 26 heavy (non-hydrogen) atoms. The summed E-state index contributed by atoms with van der Waals surface area (Å²) in [5.41, 5.74) is 1.12. The minimum absolute atomic E-state index is 0. The first kappa shape index (κ1) is 23.1. The van der Waals surface area contributed by atoms with E-state index < -0.39 is 0 Å². The number of hydrogen-bond donors (Lipinski definition) is 1. The molecular weight excluding hydrogens is 463 g/mol. The fraction of sp³-hybridized carbons (Fsp3) is 0.722. The molecule has 0 atom stereocenters. The Balaban J connectivity index is 0.00000338. The van der Waals surface area contributed by atoms with Crippen LogP contribution in [0.4, 0.5) is 0 Å². The SMILES string of the molecule is CCNC(=NCCc1csc(C(C)C)n1)N1CCC(C(=O)OC)CC1.I. The zero-order valence-electron chi connectivity index (χ0n) is 16.2. The molecule has 1 fully saturated rings. The van der Waals surface area contributed by atoms with Gasteiger partial charge in [0.1, 0.15) is 0 Å². The highest BCUT2D eigenvalue weighted by molar-refractivity contribution is 14.0. The quantitative estimate of drug-likeness (QED) is 0.285. The summed E-state index contributed by atoms with van der Waals surface area (Å²) in [6, 6.07) is 0. The molecule has 1 aliphatic heterocycles. The van der Waals surface area contributed by atoms with E-state index in [0.717, 1.165) is 57.1 Å². The predicted octanol–water partition coefficient (Wildman–Crippen LogP) is 3.28. The highest BCUT2D eigenvalue weighted by Crippen LogP contribution is 2.20. The van der Waals surface area contributed by atoms with E-state index >= 15 is 0 Å². The Morgan fingerprint density at radius 2 is 2.15 bits per heavy atom. The van der Waals surface area contributed by atoms with Crippen LogP contribution in [-0.4, -0.2) is 55.1 Å². The van der Waals surface area contributed by atoms with E-state index in [0.29, 0.717) is 5.92 Å². The van der Waals surface area contributed by atoms with Gasteiger partial charge in [-0.25, -0.2) is 4.98 Å². The van der Waals surface area contributed by atoms with E-state index in [-0.39, 0.29) is 35.9 Å². The summed E-state index contributed by atoms with van der Waals surface area (Å²) in [6.07, 6.45) is 2.50. The van der Waals surface area contributed by atoms with Crippen molar-refractivity contribution in [1.82, 2.24) is 15.2 Å². The average Bonchev–Trinajstić information content (AvgIpc) is 3.10. The van der Waals surface area contributed by atoms with Crippen molar-refractivity contribution < 1.29 is 9.53 Å². The van der Waals surface area contributed by atoms with Crippen LogP contribution in [0.25, 0.3) is 0 Å². The molecule has 0 unspecified atom stereocenters. The molecule has 1 N–H and O–H groups in total. The first-order chi connectivity index (χ1) is 12.0. The Morgan fingerprint density at radius 1 is 1.46 bits per heavy atom. The van der Waals surface area contributed by atoms with Crippen LogP contribution in [0.3, 0.4) is 0 Å². The number of nitrogens with zero attached hydrogens (tertiary/aromatic N) is 3. The number of guanidine groups is 1. The summed E-state index contributed by atoms with van der Waals surface area (Å²) in [6.45, 7) is 9.64. The lowest BCUT2D eigenvalue weighted by Crippen LogP contribution is -2.46. The molecule has 0 aliphatic carbocycles. The Labute approximate surface area is 177 Å². The molecule has 6 nitrogen and oxygen atoms in total. The first-order valence-corrected chi connectivity index (χ1v) is 9.98. The number of thiazole rings is 1. The number of esters is 1. The van der Waals surface area contributed by atoms with Gasteiger partial charge in [0.05, 0.1) is 23.7 Å². The molecule has 2 rings (SSSR count). The molecule has 0 bridgehead atoms. The average molecular weight is 494 g/mol. The number of hydrogen-bond acceptors (Lipinski definition) is 5. The fourth-order valence-corrected chi connectivity index (χ4v) is 3.77. The fourth-order valence-electron chi connectivity index (χ4n) is 2.90. The first-order valence-electron chi connectivity index (χ1n) is 9.10. The van der Waals surface area contributed by atoms with Gasteiger partial charge in [-0.3, -0.25) is 9.79 Å². The highest BCUT2D eigenvalue weighted by Gasteiger charge is 2.26. The second-order valence-electron chi connectivity index (χ2n) is 6.60. The van der Waals surface area contributed by atoms with Gasteiger partial charge in [-0.2, -0.15) is 0 Å². The van der Waals surface area contributed by atoms with Crippen LogP contribution in [-0.2, 0) is 16.0 Å². The molecule has 0 amide bonds. The summed E-state index contributed by atoms with van der Waals surface area (Å²) >= 11 is 1.73. The van der Waals surface area contributed by atoms with Crippen LogP contribution in [0, 0.1) is 5.92 Å². The number of likely N-dealkylation sites (tertiary alicyclic amines) is 1. The molecule has 148 valence electrons. The van der Waals surface area contributed by atoms with Gasteiger partial charge in [-0.1, -0.05) is 13.8 Å². The van der Waals surface area contributed by atoms with Crippen molar-refractivity contribution in [3.05, 3.63) is 16.1 Å². The van der Waals surface area contributed by atoms with Gasteiger partial charge in [-0.15, -0.1) is 35.3 Å². The van der Waals surface area contributed by atoms with Crippen LogP contribution in [0.5, 0.6) is 0 Å². The number of methoxy groups -OCH3 is 1. The van der Waals surface area contributed by atoms with Gasteiger partial charge in [0.15, 0.2) is 5.96 Å². The standard InChI is InChI=1S/C18H30N4O2S.HI/c1-5-19-18(22-10-7-14(8-11-22)17(23)24-4)20-9-6-15-12-25-16(21-15)13(2)3;/h12-14H,5-11H2,1-4H3,(H,19,20);1H. The number of carbonyl (C=O) groups is 1. The van der Waals surface area contributed by atoms with Crippen LogP contribution < -0.4 is 5.32 Å². The molecule has 0 radical (unpaired) electrons. The van der Waals surface area contributed by atoms with Gasteiger partial charge in [-0.05, 0) is 19.8 Å². The van der Waals surface area contributed by atoms with E-state index in [2.05, 4.69) is 41.4 Å². The van der Waals surface area contributed by atoms with Crippen LogP contribution in [0.15, 0.2) is 10.4 Å². The lowest BCUT2D eigenvalue weighted by atomic mass is 9.97. The summed E-state index contributed by atoms with van der Waals surface area (Å²) < 4.78 is 4.86. The number of halogens is 1. The van der Waals surface area contributed by atoms with Gasteiger partial charge in [0.2, 0.25) is 0 Å². The number of rotatable bonds is 6. The molecule has 2 heterocycles. The van der Waals surface area contributed by atoms with Crippen LogP contribution in [0.1, 0.15) is 50.2 Å². The smallest absolute Gasteiger partial charge is 0.308 e. The largest absolute Gasteiger partial charge is 0.469 e. The molecule has 1 saturated heterocycles. The van der Waals surface area contributed by atoms with Crippen LogP contribution in [0.2, 0.25) is 0 Å². The highest BCUT2D eigenvalue weighted by atomic mass is 127. The monoisotopic (exact) mass is 494 g/mol. The van der Waals surface area contributed by atoms with Crippen molar-refractivity contribution in [3.8, 4) is 0 Å². The number of aromatic nitrogens is 1. The van der Waals surface area contributed by atoms with Crippen molar-refractivity contribution in [2.75, 3.05) is 33.3 Å². The van der Waals surface area contributed by atoms with E-state index in [1.807, 2.05) is 0 Å². The molecule has 1 aliphatic rings. The predicted molar refractivity (Wildman–Crippen MR) is 118 cm³/mol. The van der Waals surface area contributed by atoms with Gasteiger partial charge in [0.25, 0.3) is 0 Å². The Kier molecular flexibility index (Phi) is 10.4. The number of carbonyl (C=O) groups excluding carboxylic acids is 1. The summed E-state index contributed by atoms with van der Waals surface area (Å²) in [4.78, 5) is 23.3. The third-order valence-corrected chi connectivity index (χ3v) is 5.55. The molecule has 8 heteroatoms. The van der Waals surface area contributed by atoms with Crippen molar-refractivity contribution in [3.63, 3.8) is 0 Å². The van der Waals surface area contributed by atoms with Crippen LogP contribution >= 0.6 is 35.3 Å². The van der Waals surface area contributed by atoms with E-state index in [4.69, 9.17) is 9.73 Å². The third-order valence-electron chi connectivity index (χ3n) is 4.36. The lowest BCUT2D eigenvalue weighted by molar-refractivity contribution is -0.146. The van der Waals surface area contributed by atoms with E-state index in [9.17, 15) is 4.79 Å². The number of piperidine rings is 1. The Hall–Kier alpha value is -0.900.